The Morgan fingerprint density at radius 3 is 2.71 bits per heavy atom. The highest BCUT2D eigenvalue weighted by Crippen LogP contribution is 2.38. The summed E-state index contributed by atoms with van der Waals surface area (Å²) in [6.45, 7) is 0. The molecule has 2 heteroatoms. The quantitative estimate of drug-likeness (QED) is 0.801. The van der Waals surface area contributed by atoms with E-state index in [1.807, 2.05) is 11.3 Å². The van der Waals surface area contributed by atoms with E-state index in [1.165, 1.54) is 35.8 Å². The van der Waals surface area contributed by atoms with Gasteiger partial charge in [0, 0.05) is 16.8 Å². The number of piperidine rings is 1. The lowest BCUT2D eigenvalue weighted by Crippen LogP contribution is -2.37. The van der Waals surface area contributed by atoms with Crippen LogP contribution in [0.15, 0.2) is 29.6 Å². The molecule has 1 aromatic carbocycles. The fourth-order valence-electron chi connectivity index (χ4n) is 3.57. The van der Waals surface area contributed by atoms with Gasteiger partial charge in [-0.25, -0.2) is 0 Å². The molecule has 0 radical (unpaired) electrons. The molecule has 1 nitrogen and oxygen atoms in total. The Hall–Kier alpha value is -0.860. The van der Waals surface area contributed by atoms with Crippen molar-refractivity contribution < 1.29 is 0 Å². The van der Waals surface area contributed by atoms with Crippen molar-refractivity contribution in [2.45, 2.75) is 43.7 Å². The van der Waals surface area contributed by atoms with Crippen molar-refractivity contribution >= 4 is 21.4 Å². The van der Waals surface area contributed by atoms with Crippen LogP contribution in [0, 0.1) is 0 Å². The van der Waals surface area contributed by atoms with Gasteiger partial charge in [0.25, 0.3) is 0 Å². The third-order valence-electron chi connectivity index (χ3n) is 4.42. The van der Waals surface area contributed by atoms with Gasteiger partial charge in [-0.15, -0.1) is 11.3 Å². The maximum atomic E-state index is 3.72. The van der Waals surface area contributed by atoms with Crippen LogP contribution in [0.5, 0.6) is 0 Å². The van der Waals surface area contributed by atoms with E-state index in [0.29, 0.717) is 0 Å². The van der Waals surface area contributed by atoms with Crippen LogP contribution in [0.1, 0.15) is 37.2 Å². The molecule has 2 saturated heterocycles. The van der Waals surface area contributed by atoms with E-state index in [9.17, 15) is 0 Å². The predicted molar refractivity (Wildman–Crippen MR) is 73.7 cm³/mol. The van der Waals surface area contributed by atoms with Gasteiger partial charge in [0.2, 0.25) is 0 Å². The minimum absolute atomic E-state index is 0.789. The zero-order valence-electron chi connectivity index (χ0n) is 9.86. The minimum atomic E-state index is 0.789. The monoisotopic (exact) mass is 243 g/mol. The van der Waals surface area contributed by atoms with Crippen LogP contribution in [0.4, 0.5) is 0 Å². The molecule has 2 aromatic rings. The summed E-state index contributed by atoms with van der Waals surface area (Å²) >= 11 is 1.84. The molecule has 2 aliphatic heterocycles. The second kappa shape index (κ2) is 3.82. The highest BCUT2D eigenvalue weighted by molar-refractivity contribution is 7.17. The molecule has 0 aliphatic carbocycles. The highest BCUT2D eigenvalue weighted by Gasteiger charge is 2.33. The van der Waals surface area contributed by atoms with Gasteiger partial charge in [0.05, 0.1) is 0 Å². The number of thiophene rings is 1. The molecule has 2 aliphatic rings. The first-order chi connectivity index (χ1) is 8.38. The molecule has 1 N–H and O–H groups in total. The van der Waals surface area contributed by atoms with Crippen LogP contribution in [-0.2, 0) is 0 Å². The van der Waals surface area contributed by atoms with Crippen LogP contribution >= 0.6 is 11.3 Å². The standard InChI is InChI=1S/C15H17NS/c1-4-15-11(5-6-17-15)7-10(1)12-8-13-2-3-14(9-12)16-13/h1,4-7,12-14,16H,2-3,8-9H2. The van der Waals surface area contributed by atoms with Gasteiger partial charge < -0.3 is 5.32 Å². The second-order valence-corrected chi connectivity index (χ2v) is 6.47. The summed E-state index contributed by atoms with van der Waals surface area (Å²) in [5.74, 6) is 0.790. The first kappa shape index (κ1) is 10.1. The molecule has 3 heterocycles. The molecule has 2 unspecified atom stereocenters. The van der Waals surface area contributed by atoms with E-state index in [2.05, 4.69) is 35.0 Å². The molecular weight excluding hydrogens is 226 g/mol. The summed E-state index contributed by atoms with van der Waals surface area (Å²) in [7, 11) is 0. The zero-order chi connectivity index (χ0) is 11.2. The molecule has 17 heavy (non-hydrogen) atoms. The molecule has 1 aromatic heterocycles. The van der Waals surface area contributed by atoms with Crippen LogP contribution in [-0.4, -0.2) is 12.1 Å². The second-order valence-electron chi connectivity index (χ2n) is 5.52. The van der Waals surface area contributed by atoms with E-state index >= 15 is 0 Å². The first-order valence-corrected chi connectivity index (χ1v) is 7.50. The Kier molecular flexibility index (Phi) is 2.27. The molecule has 2 fully saturated rings. The summed E-state index contributed by atoms with van der Waals surface area (Å²) in [6, 6.07) is 10.9. The zero-order valence-corrected chi connectivity index (χ0v) is 10.7. The summed E-state index contributed by atoms with van der Waals surface area (Å²) in [5, 5.41) is 7.35. The Bertz CT molecular complexity index is 533. The Balaban J connectivity index is 1.69. The van der Waals surface area contributed by atoms with Crippen molar-refractivity contribution in [1.29, 1.82) is 0 Å². The van der Waals surface area contributed by atoms with Gasteiger partial charge in [-0.2, -0.15) is 0 Å². The predicted octanol–water partition coefficient (Wildman–Crippen LogP) is 3.90. The molecule has 2 atom stereocenters. The van der Waals surface area contributed by atoms with Crippen molar-refractivity contribution in [2.24, 2.45) is 0 Å². The van der Waals surface area contributed by atoms with E-state index in [4.69, 9.17) is 0 Å². The number of hydrogen-bond donors (Lipinski definition) is 1. The smallest absolute Gasteiger partial charge is 0.0342 e. The largest absolute Gasteiger partial charge is 0.311 e. The van der Waals surface area contributed by atoms with Crippen molar-refractivity contribution in [1.82, 2.24) is 5.32 Å². The molecular formula is C15H17NS. The summed E-state index contributed by atoms with van der Waals surface area (Å²) in [5.41, 5.74) is 1.56. The number of rotatable bonds is 1. The average molecular weight is 243 g/mol. The fourth-order valence-corrected chi connectivity index (χ4v) is 4.34. The maximum absolute atomic E-state index is 3.72. The van der Waals surface area contributed by atoms with E-state index < -0.39 is 0 Å². The first-order valence-electron chi connectivity index (χ1n) is 6.62. The number of nitrogens with one attached hydrogen (secondary N) is 1. The van der Waals surface area contributed by atoms with Gasteiger partial charge >= 0.3 is 0 Å². The van der Waals surface area contributed by atoms with Crippen LogP contribution in [0.25, 0.3) is 10.1 Å². The summed E-state index contributed by atoms with van der Waals surface area (Å²) in [6.07, 6.45) is 5.46. The minimum Gasteiger partial charge on any atom is -0.311 e. The molecule has 4 rings (SSSR count). The van der Waals surface area contributed by atoms with Gasteiger partial charge in [-0.3, -0.25) is 0 Å². The highest BCUT2D eigenvalue weighted by atomic mass is 32.1. The number of fused-ring (bicyclic) bond motifs is 3. The van der Waals surface area contributed by atoms with Crippen molar-refractivity contribution in [3.05, 3.63) is 35.2 Å². The van der Waals surface area contributed by atoms with Gasteiger partial charge in [0.1, 0.15) is 0 Å². The third-order valence-corrected chi connectivity index (χ3v) is 5.32. The van der Waals surface area contributed by atoms with Crippen LogP contribution < -0.4 is 5.32 Å². The molecule has 0 spiro atoms. The lowest BCUT2D eigenvalue weighted by Gasteiger charge is -2.29. The Morgan fingerprint density at radius 2 is 1.88 bits per heavy atom. The Labute approximate surface area is 106 Å². The topological polar surface area (TPSA) is 12.0 Å². The number of benzene rings is 1. The lowest BCUT2D eigenvalue weighted by molar-refractivity contribution is 0.363. The molecule has 0 saturated carbocycles. The van der Waals surface area contributed by atoms with Gasteiger partial charge in [0.15, 0.2) is 0 Å². The SMILES string of the molecule is c1cc2cc(C3CC4CCC(C3)N4)ccc2s1. The van der Waals surface area contributed by atoms with E-state index in [1.54, 1.807) is 5.56 Å². The summed E-state index contributed by atoms with van der Waals surface area (Å²) in [4.78, 5) is 0. The molecule has 88 valence electrons. The van der Waals surface area contributed by atoms with Gasteiger partial charge in [-0.05, 0) is 60.1 Å². The lowest BCUT2D eigenvalue weighted by atomic mass is 9.86. The Morgan fingerprint density at radius 1 is 1.06 bits per heavy atom. The summed E-state index contributed by atoms with van der Waals surface area (Å²) < 4.78 is 1.42. The van der Waals surface area contributed by atoms with Gasteiger partial charge in [-0.1, -0.05) is 12.1 Å². The van der Waals surface area contributed by atoms with Crippen molar-refractivity contribution in [2.75, 3.05) is 0 Å². The van der Waals surface area contributed by atoms with E-state index in [0.717, 1.165) is 18.0 Å². The van der Waals surface area contributed by atoms with Crippen molar-refractivity contribution in [3.8, 4) is 0 Å². The number of hydrogen-bond acceptors (Lipinski definition) is 2. The van der Waals surface area contributed by atoms with Crippen molar-refractivity contribution in [3.63, 3.8) is 0 Å². The molecule has 0 amide bonds. The normalized spacial score (nSPS) is 32.1. The molecule has 2 bridgehead atoms. The maximum Gasteiger partial charge on any atom is 0.0342 e. The average Bonchev–Trinajstić information content (AvgIpc) is 2.94. The fraction of sp³-hybridized carbons (Fsp3) is 0.467. The van der Waals surface area contributed by atoms with Crippen LogP contribution in [0.2, 0.25) is 0 Å². The van der Waals surface area contributed by atoms with Crippen LogP contribution in [0.3, 0.4) is 0 Å². The van der Waals surface area contributed by atoms with E-state index in [-0.39, 0.29) is 0 Å². The third kappa shape index (κ3) is 1.71.